The van der Waals surface area contributed by atoms with E-state index >= 15 is 0 Å². The van der Waals surface area contributed by atoms with Gasteiger partial charge >= 0.3 is 0 Å². The van der Waals surface area contributed by atoms with E-state index in [0.29, 0.717) is 11.8 Å². The van der Waals surface area contributed by atoms with Crippen LogP contribution in [0.5, 0.6) is 5.75 Å². The molecule has 0 amide bonds. The van der Waals surface area contributed by atoms with Gasteiger partial charge in [0.1, 0.15) is 5.75 Å². The van der Waals surface area contributed by atoms with Gasteiger partial charge < -0.3 is 21.5 Å². The maximum absolute atomic E-state index is 10.1. The van der Waals surface area contributed by atoms with Gasteiger partial charge in [0.2, 0.25) is 0 Å². The van der Waals surface area contributed by atoms with E-state index < -0.39 is 0 Å². The van der Waals surface area contributed by atoms with Crippen molar-refractivity contribution in [3.05, 3.63) is 36.4 Å². The topological polar surface area (TPSA) is 156 Å². The number of phenolic OH excluding ortho intramolecular Hbond substituents is 1. The summed E-state index contributed by atoms with van der Waals surface area (Å²) in [6.07, 6.45) is 0.620. The Balaban J connectivity index is -0.0000000528. The number of para-hydroxylation sites is 1. The molecule has 0 fully saturated rings. The molecule has 8 N–H and O–H groups in total. The number of carbonyl (C=O) groups is 1. The van der Waals surface area contributed by atoms with E-state index in [4.69, 9.17) is 10.5 Å². The Morgan fingerprint density at radius 3 is 1.88 bits per heavy atom. The van der Waals surface area contributed by atoms with E-state index in [9.17, 15) is 4.79 Å². The zero-order valence-electron chi connectivity index (χ0n) is 8.45. The first kappa shape index (κ1) is 29.3. The summed E-state index contributed by atoms with van der Waals surface area (Å²) < 4.78 is 0. The molecule has 7 heteroatoms. The van der Waals surface area contributed by atoms with Crippen molar-refractivity contribution in [3.63, 3.8) is 0 Å². The number of aromatic hydroxyl groups is 1. The first-order chi connectivity index (χ1) is 5.76. The molecular formula is C9H15NO5Ti. The Hall–Kier alpha value is -1.27. The molecule has 0 aliphatic rings. The molecule has 90 valence electrons. The summed E-state index contributed by atoms with van der Waals surface area (Å²) in [5.41, 5.74) is 0.331. The van der Waals surface area contributed by atoms with Crippen molar-refractivity contribution in [2.24, 2.45) is 0 Å². The molecule has 0 unspecified atom stereocenters. The molecule has 0 atom stereocenters. The van der Waals surface area contributed by atoms with Crippen molar-refractivity contribution in [1.82, 2.24) is 0 Å². The number of hydrogen-bond acceptors (Lipinski definition) is 3. The minimum absolute atomic E-state index is 0. The van der Waals surface area contributed by atoms with E-state index in [0.717, 1.165) is 0 Å². The third-order valence-corrected chi connectivity index (χ3v) is 1.06. The Bertz CT molecular complexity index is 300. The number of carbonyl (C=O) groups excluding carboxylic acids is 1. The van der Waals surface area contributed by atoms with Gasteiger partial charge in [-0.3, -0.25) is 10.2 Å². The molecule has 1 aromatic carbocycles. The number of nitrogens with one attached hydrogen (secondary N) is 1. The second kappa shape index (κ2) is 19.3. The zero-order chi connectivity index (χ0) is 9.40. The van der Waals surface area contributed by atoms with Crippen LogP contribution in [-0.4, -0.2) is 33.7 Å². The predicted octanol–water partition coefficient (Wildman–Crippen LogP) is -0.851. The van der Waals surface area contributed by atoms with Gasteiger partial charge in [0, 0.05) is 21.7 Å². The van der Waals surface area contributed by atoms with Crippen LogP contribution >= 0.6 is 0 Å². The predicted molar refractivity (Wildman–Crippen MR) is 57.7 cm³/mol. The maximum atomic E-state index is 10.1. The van der Waals surface area contributed by atoms with E-state index in [1.54, 1.807) is 24.1 Å². The molecule has 0 radical (unpaired) electrons. The molecule has 0 saturated carbocycles. The van der Waals surface area contributed by atoms with Gasteiger partial charge in [0.25, 0.3) is 0 Å². The van der Waals surface area contributed by atoms with Crippen molar-refractivity contribution in [3.8, 4) is 5.75 Å². The Labute approximate surface area is 108 Å². The van der Waals surface area contributed by atoms with Gasteiger partial charge in [-0.05, 0) is 24.6 Å². The molecule has 0 aliphatic heterocycles. The van der Waals surface area contributed by atoms with Crippen LogP contribution in [0.1, 0.15) is 10.4 Å². The third-order valence-electron chi connectivity index (χ3n) is 1.06. The second-order valence-corrected chi connectivity index (χ2v) is 1.85. The normalized spacial score (nSPS) is 5.50. The van der Waals surface area contributed by atoms with Gasteiger partial charge in [0.05, 0.1) is 5.56 Å². The van der Waals surface area contributed by atoms with Gasteiger partial charge in [-0.2, -0.15) is 0 Å². The monoisotopic (exact) mass is 265 g/mol. The van der Waals surface area contributed by atoms with E-state index in [-0.39, 0.29) is 43.9 Å². The molecule has 1 rings (SSSR count). The van der Waals surface area contributed by atoms with Crippen LogP contribution in [0.2, 0.25) is 0 Å². The smallest absolute Gasteiger partial charge is 0.153 e. The van der Waals surface area contributed by atoms with Gasteiger partial charge in [-0.25, -0.2) is 0 Å². The Kier molecular flexibility index (Phi) is 35.4. The van der Waals surface area contributed by atoms with Crippen molar-refractivity contribution in [2.45, 2.75) is 0 Å². The Morgan fingerprint density at radius 2 is 1.62 bits per heavy atom. The number of aldehydes is 1. The van der Waals surface area contributed by atoms with Crippen molar-refractivity contribution in [1.29, 1.82) is 5.41 Å². The minimum atomic E-state index is 0. The van der Waals surface area contributed by atoms with E-state index in [1.807, 2.05) is 0 Å². The standard InChI is InChI=1S/C7H6O2.C2H3N.3H2O.Ti/c8-5-6-3-1-2-4-7(6)9;1-2-3;;;;/h1-5,9H;3H,1H2;3*1H2;. The average molecular weight is 265 g/mol. The quantitative estimate of drug-likeness (QED) is 0.385. The van der Waals surface area contributed by atoms with E-state index in [1.165, 1.54) is 6.07 Å². The van der Waals surface area contributed by atoms with Gasteiger partial charge in [-0.1, -0.05) is 12.1 Å². The SMILES string of the molecule is C=C=N.O.O.O.O=Cc1ccccc1O.[Ti]. The summed E-state index contributed by atoms with van der Waals surface area (Å²) in [5.74, 6) is 1.78. The average Bonchev–Trinajstić information content (AvgIpc) is 2.07. The van der Waals surface area contributed by atoms with Crippen LogP contribution in [0.3, 0.4) is 0 Å². The van der Waals surface area contributed by atoms with Crippen molar-refractivity contribution in [2.75, 3.05) is 0 Å². The summed E-state index contributed by atoms with van der Waals surface area (Å²) in [6, 6.07) is 6.40. The largest absolute Gasteiger partial charge is 0.507 e. The zero-order valence-corrected chi connectivity index (χ0v) is 10.0. The Morgan fingerprint density at radius 1 is 1.25 bits per heavy atom. The number of rotatable bonds is 1. The van der Waals surface area contributed by atoms with E-state index in [2.05, 4.69) is 6.58 Å². The van der Waals surface area contributed by atoms with Crippen LogP contribution in [0, 0.1) is 5.41 Å². The summed E-state index contributed by atoms with van der Waals surface area (Å²) in [6.45, 7) is 2.90. The van der Waals surface area contributed by atoms with Crippen LogP contribution < -0.4 is 0 Å². The summed E-state index contributed by atoms with van der Waals surface area (Å²) in [4.78, 5) is 10.1. The summed E-state index contributed by atoms with van der Waals surface area (Å²) in [7, 11) is 0. The first-order valence-electron chi connectivity index (χ1n) is 3.18. The van der Waals surface area contributed by atoms with Crippen LogP contribution in [0.4, 0.5) is 0 Å². The molecular weight excluding hydrogens is 250 g/mol. The van der Waals surface area contributed by atoms with Gasteiger partial charge in [0.15, 0.2) is 6.29 Å². The summed E-state index contributed by atoms with van der Waals surface area (Å²) in [5, 5.41) is 14.7. The fourth-order valence-corrected chi connectivity index (χ4v) is 0.587. The minimum Gasteiger partial charge on any atom is -0.507 e. The molecule has 0 bridgehead atoms. The molecule has 0 spiro atoms. The van der Waals surface area contributed by atoms with Crippen molar-refractivity contribution < 1.29 is 48.0 Å². The first-order valence-corrected chi connectivity index (χ1v) is 3.18. The fourth-order valence-electron chi connectivity index (χ4n) is 0.587. The second-order valence-electron chi connectivity index (χ2n) is 1.85. The molecule has 0 aliphatic carbocycles. The van der Waals surface area contributed by atoms with Crippen LogP contribution in [-0.2, 0) is 21.7 Å². The molecule has 6 nitrogen and oxygen atoms in total. The molecule has 16 heavy (non-hydrogen) atoms. The third kappa shape index (κ3) is 12.7. The molecule has 0 saturated heterocycles. The number of phenols is 1. The van der Waals surface area contributed by atoms with Crippen LogP contribution in [0.15, 0.2) is 30.8 Å². The summed E-state index contributed by atoms with van der Waals surface area (Å²) >= 11 is 0. The molecule has 1 aromatic rings. The van der Waals surface area contributed by atoms with Gasteiger partial charge in [-0.15, -0.1) is 0 Å². The number of hydrogen-bond donors (Lipinski definition) is 2. The number of benzene rings is 1. The van der Waals surface area contributed by atoms with Crippen LogP contribution in [0.25, 0.3) is 0 Å². The maximum Gasteiger partial charge on any atom is 0.153 e. The molecule has 0 heterocycles. The fraction of sp³-hybridized carbons (Fsp3) is 0. The van der Waals surface area contributed by atoms with Crippen molar-refractivity contribution >= 4 is 12.2 Å². The molecule has 0 aromatic heterocycles.